The van der Waals surface area contributed by atoms with Crippen LogP contribution in [0.4, 0.5) is 5.69 Å². The standard InChI is InChI=1S/C20H24ClN3O2/c1-12-10-14(3)18(16(21)11-12)23-19(25)17-13(2)6-9-24(20(17)26)15-4-7-22-8-5-15/h6,9-11,15,22H,4-5,7-8H2,1-3H3,(H,23,25). The molecular formula is C20H24ClN3O2. The summed E-state index contributed by atoms with van der Waals surface area (Å²) in [7, 11) is 0. The topological polar surface area (TPSA) is 63.1 Å². The summed E-state index contributed by atoms with van der Waals surface area (Å²) in [6.07, 6.45) is 3.56. The van der Waals surface area contributed by atoms with Crippen LogP contribution in [0, 0.1) is 20.8 Å². The van der Waals surface area contributed by atoms with E-state index in [0.29, 0.717) is 16.3 Å². The lowest BCUT2D eigenvalue weighted by atomic mass is 10.0. The molecule has 26 heavy (non-hydrogen) atoms. The van der Waals surface area contributed by atoms with E-state index in [0.717, 1.165) is 37.1 Å². The maximum Gasteiger partial charge on any atom is 0.263 e. The van der Waals surface area contributed by atoms with Gasteiger partial charge < -0.3 is 15.2 Å². The van der Waals surface area contributed by atoms with Crippen molar-refractivity contribution in [2.24, 2.45) is 0 Å². The van der Waals surface area contributed by atoms with Crippen molar-refractivity contribution in [3.63, 3.8) is 0 Å². The minimum atomic E-state index is -0.412. The van der Waals surface area contributed by atoms with Crippen LogP contribution >= 0.6 is 11.6 Å². The van der Waals surface area contributed by atoms with Crippen molar-refractivity contribution in [3.05, 3.63) is 62.0 Å². The number of rotatable bonds is 3. The van der Waals surface area contributed by atoms with Crippen molar-refractivity contribution >= 4 is 23.2 Å². The average Bonchev–Trinajstić information content (AvgIpc) is 2.59. The van der Waals surface area contributed by atoms with Gasteiger partial charge in [-0.25, -0.2) is 0 Å². The number of carbonyl (C=O) groups excluding carboxylic acids is 1. The molecule has 1 fully saturated rings. The van der Waals surface area contributed by atoms with Gasteiger partial charge in [-0.2, -0.15) is 0 Å². The second kappa shape index (κ2) is 7.64. The molecule has 0 aliphatic carbocycles. The largest absolute Gasteiger partial charge is 0.320 e. The van der Waals surface area contributed by atoms with Crippen LogP contribution in [0.5, 0.6) is 0 Å². The molecule has 1 aromatic carbocycles. The van der Waals surface area contributed by atoms with E-state index < -0.39 is 5.91 Å². The zero-order chi connectivity index (χ0) is 18.8. The predicted molar refractivity (Wildman–Crippen MR) is 105 cm³/mol. The maximum absolute atomic E-state index is 13.0. The molecule has 5 nitrogen and oxygen atoms in total. The lowest BCUT2D eigenvalue weighted by molar-refractivity contribution is 0.102. The Labute approximate surface area is 158 Å². The number of hydrogen-bond acceptors (Lipinski definition) is 3. The van der Waals surface area contributed by atoms with E-state index in [1.54, 1.807) is 23.8 Å². The fraction of sp³-hybridized carbons (Fsp3) is 0.400. The SMILES string of the molecule is Cc1cc(C)c(NC(=O)c2c(C)ccn(C3CCNCC3)c2=O)c(Cl)c1. The molecule has 0 bridgehead atoms. The Kier molecular flexibility index (Phi) is 5.49. The van der Waals surface area contributed by atoms with Gasteiger partial charge in [0.15, 0.2) is 0 Å². The Hall–Kier alpha value is -2.11. The molecule has 1 aliphatic heterocycles. The monoisotopic (exact) mass is 373 g/mol. The van der Waals surface area contributed by atoms with Crippen molar-refractivity contribution < 1.29 is 4.79 Å². The first kappa shape index (κ1) is 18.7. The van der Waals surface area contributed by atoms with E-state index in [-0.39, 0.29) is 17.2 Å². The van der Waals surface area contributed by atoms with Gasteiger partial charge >= 0.3 is 0 Å². The molecule has 2 N–H and O–H groups in total. The van der Waals surface area contributed by atoms with Crippen LogP contribution in [0.1, 0.15) is 45.9 Å². The Morgan fingerprint density at radius 3 is 2.54 bits per heavy atom. The average molecular weight is 374 g/mol. The highest BCUT2D eigenvalue weighted by atomic mass is 35.5. The van der Waals surface area contributed by atoms with Crippen LogP contribution in [-0.4, -0.2) is 23.6 Å². The summed E-state index contributed by atoms with van der Waals surface area (Å²) in [6.45, 7) is 7.38. The van der Waals surface area contributed by atoms with Crippen LogP contribution < -0.4 is 16.2 Å². The fourth-order valence-electron chi connectivity index (χ4n) is 3.54. The number of hydrogen-bond donors (Lipinski definition) is 2. The molecule has 138 valence electrons. The summed E-state index contributed by atoms with van der Waals surface area (Å²) in [4.78, 5) is 25.9. The lowest BCUT2D eigenvalue weighted by Gasteiger charge is -2.25. The van der Waals surface area contributed by atoms with Crippen LogP contribution in [-0.2, 0) is 0 Å². The second-order valence-corrected chi connectivity index (χ2v) is 7.37. The minimum absolute atomic E-state index is 0.126. The van der Waals surface area contributed by atoms with Gasteiger partial charge in [0.25, 0.3) is 11.5 Å². The number of nitrogens with zero attached hydrogens (tertiary/aromatic N) is 1. The molecule has 2 heterocycles. The van der Waals surface area contributed by atoms with E-state index in [1.165, 1.54) is 0 Å². The summed E-state index contributed by atoms with van der Waals surface area (Å²) in [5.74, 6) is -0.412. The van der Waals surface area contributed by atoms with Gasteiger partial charge in [0.05, 0.1) is 10.7 Å². The molecule has 1 amide bonds. The number of aromatic nitrogens is 1. The maximum atomic E-state index is 13.0. The Bertz CT molecular complexity index is 875. The van der Waals surface area contributed by atoms with Crippen molar-refractivity contribution in [2.75, 3.05) is 18.4 Å². The zero-order valence-corrected chi connectivity index (χ0v) is 16.1. The van der Waals surface area contributed by atoms with E-state index >= 15 is 0 Å². The summed E-state index contributed by atoms with van der Waals surface area (Å²) in [5, 5.41) is 6.61. The quantitative estimate of drug-likeness (QED) is 0.864. The van der Waals surface area contributed by atoms with Crippen molar-refractivity contribution in [2.45, 2.75) is 39.7 Å². The number of carbonyl (C=O) groups is 1. The van der Waals surface area contributed by atoms with E-state index in [4.69, 9.17) is 11.6 Å². The first-order chi connectivity index (χ1) is 12.4. The van der Waals surface area contributed by atoms with E-state index in [9.17, 15) is 9.59 Å². The van der Waals surface area contributed by atoms with Crippen LogP contribution in [0.15, 0.2) is 29.2 Å². The minimum Gasteiger partial charge on any atom is -0.320 e. The van der Waals surface area contributed by atoms with Gasteiger partial charge in [-0.3, -0.25) is 9.59 Å². The molecule has 2 aromatic rings. The molecule has 0 spiro atoms. The van der Waals surface area contributed by atoms with Crippen LogP contribution in [0.3, 0.4) is 0 Å². The number of pyridine rings is 1. The highest BCUT2D eigenvalue weighted by Gasteiger charge is 2.22. The van der Waals surface area contributed by atoms with Gasteiger partial charge in [-0.15, -0.1) is 0 Å². The van der Waals surface area contributed by atoms with Gasteiger partial charge in [-0.1, -0.05) is 17.7 Å². The zero-order valence-electron chi connectivity index (χ0n) is 15.4. The summed E-state index contributed by atoms with van der Waals surface area (Å²) >= 11 is 6.29. The number of aryl methyl sites for hydroxylation is 3. The lowest BCUT2D eigenvalue weighted by Crippen LogP contribution is -2.37. The number of nitrogens with one attached hydrogen (secondary N) is 2. The Morgan fingerprint density at radius 2 is 1.88 bits per heavy atom. The number of anilines is 1. The normalized spacial score (nSPS) is 15.1. The molecule has 0 radical (unpaired) electrons. The molecule has 3 rings (SSSR count). The van der Waals surface area contributed by atoms with Crippen molar-refractivity contribution in [1.29, 1.82) is 0 Å². The number of halogens is 1. The molecule has 0 saturated carbocycles. The van der Waals surface area contributed by atoms with Crippen molar-refractivity contribution in [3.8, 4) is 0 Å². The molecule has 1 saturated heterocycles. The third-order valence-electron chi connectivity index (χ3n) is 4.93. The first-order valence-electron chi connectivity index (χ1n) is 8.89. The number of benzene rings is 1. The fourth-order valence-corrected chi connectivity index (χ4v) is 3.91. The van der Waals surface area contributed by atoms with Crippen molar-refractivity contribution in [1.82, 2.24) is 9.88 Å². The Balaban J connectivity index is 1.96. The van der Waals surface area contributed by atoms with Crippen LogP contribution in [0.25, 0.3) is 0 Å². The molecular weight excluding hydrogens is 350 g/mol. The van der Waals surface area contributed by atoms with Gasteiger partial charge in [-0.05, 0) is 75.5 Å². The van der Waals surface area contributed by atoms with E-state index in [2.05, 4.69) is 10.6 Å². The third-order valence-corrected chi connectivity index (χ3v) is 5.23. The Morgan fingerprint density at radius 1 is 1.19 bits per heavy atom. The molecule has 0 unspecified atom stereocenters. The van der Waals surface area contributed by atoms with Gasteiger partial charge in [0.2, 0.25) is 0 Å². The first-order valence-corrected chi connectivity index (χ1v) is 9.27. The number of amides is 1. The molecule has 0 atom stereocenters. The van der Waals surface area contributed by atoms with Crippen LogP contribution in [0.2, 0.25) is 5.02 Å². The highest BCUT2D eigenvalue weighted by molar-refractivity contribution is 6.34. The highest BCUT2D eigenvalue weighted by Crippen LogP contribution is 2.28. The van der Waals surface area contributed by atoms with E-state index in [1.807, 2.05) is 26.0 Å². The summed E-state index contributed by atoms with van der Waals surface area (Å²) in [6, 6.07) is 5.71. The van der Waals surface area contributed by atoms with Gasteiger partial charge in [0, 0.05) is 12.2 Å². The molecule has 1 aliphatic rings. The molecule has 1 aromatic heterocycles. The predicted octanol–water partition coefficient (Wildman–Crippen LogP) is 3.60. The van der Waals surface area contributed by atoms with Gasteiger partial charge in [0.1, 0.15) is 5.56 Å². The summed E-state index contributed by atoms with van der Waals surface area (Å²) in [5.41, 5.74) is 3.06. The second-order valence-electron chi connectivity index (χ2n) is 6.96. The molecule has 6 heteroatoms. The smallest absolute Gasteiger partial charge is 0.263 e. The number of piperidine rings is 1. The third kappa shape index (κ3) is 3.69. The summed E-state index contributed by atoms with van der Waals surface area (Å²) < 4.78 is 1.70.